The van der Waals surface area contributed by atoms with E-state index in [4.69, 9.17) is 14.5 Å². The van der Waals surface area contributed by atoms with Gasteiger partial charge in [0.2, 0.25) is 0 Å². The minimum Gasteiger partial charge on any atom is -0.382 e. The molecule has 154 valence electrons. The average molecular weight is 378 g/mol. The lowest BCUT2D eigenvalue weighted by atomic mass is 9.84. The van der Waals surface area contributed by atoms with E-state index < -0.39 is 0 Å². The summed E-state index contributed by atoms with van der Waals surface area (Å²) < 4.78 is 10.5. The lowest BCUT2D eigenvalue weighted by Crippen LogP contribution is -2.39. The summed E-state index contributed by atoms with van der Waals surface area (Å²) in [5, 5.41) is 6.76. The van der Waals surface area contributed by atoms with Crippen molar-refractivity contribution in [2.45, 2.75) is 52.4 Å². The number of hydrogen-bond acceptors (Lipinski definition) is 3. The molecule has 5 heteroatoms. The summed E-state index contributed by atoms with van der Waals surface area (Å²) in [5.74, 6) is 0.885. The molecule has 0 spiro atoms. The molecule has 1 aromatic carbocycles. The molecule has 0 saturated carbocycles. The fourth-order valence-electron chi connectivity index (χ4n) is 2.68. The minimum atomic E-state index is 0.00378. The first-order chi connectivity index (χ1) is 13.0. The molecule has 0 aromatic heterocycles. The van der Waals surface area contributed by atoms with Crippen molar-refractivity contribution in [2.24, 2.45) is 4.99 Å². The molecule has 0 aliphatic heterocycles. The second kappa shape index (κ2) is 13.6. The molecule has 1 aromatic rings. The van der Waals surface area contributed by atoms with Crippen LogP contribution in [-0.4, -0.2) is 52.5 Å². The Morgan fingerprint density at radius 2 is 1.74 bits per heavy atom. The molecule has 5 nitrogen and oxygen atoms in total. The van der Waals surface area contributed by atoms with Crippen LogP contribution in [0.1, 0.15) is 51.7 Å². The second-order valence-electron chi connectivity index (χ2n) is 7.37. The van der Waals surface area contributed by atoms with Crippen LogP contribution in [0, 0.1) is 0 Å². The number of aryl methyl sites for hydroxylation is 1. The van der Waals surface area contributed by atoms with Gasteiger partial charge in [-0.15, -0.1) is 0 Å². The van der Waals surface area contributed by atoms with Crippen LogP contribution in [0.25, 0.3) is 0 Å². The Labute approximate surface area is 165 Å². The van der Waals surface area contributed by atoms with Crippen molar-refractivity contribution in [3.05, 3.63) is 35.4 Å². The van der Waals surface area contributed by atoms with Gasteiger partial charge in [-0.1, -0.05) is 45.0 Å². The fraction of sp³-hybridized carbons (Fsp3) is 0.682. The smallest absolute Gasteiger partial charge is 0.191 e. The molecule has 0 fully saturated rings. The van der Waals surface area contributed by atoms with Crippen LogP contribution in [-0.2, 0) is 21.3 Å². The monoisotopic (exact) mass is 377 g/mol. The summed E-state index contributed by atoms with van der Waals surface area (Å²) in [6.07, 6.45) is 3.16. The summed E-state index contributed by atoms with van der Waals surface area (Å²) in [6, 6.07) is 8.91. The molecule has 0 aliphatic carbocycles. The predicted molar refractivity (Wildman–Crippen MR) is 115 cm³/mol. The third-order valence-electron chi connectivity index (χ3n) is 4.56. The normalized spacial score (nSPS) is 12.3. The number of nitrogens with zero attached hydrogens (tertiary/aromatic N) is 1. The van der Waals surface area contributed by atoms with Gasteiger partial charge in [-0.3, -0.25) is 4.99 Å². The van der Waals surface area contributed by atoms with E-state index in [1.165, 1.54) is 11.1 Å². The average Bonchev–Trinajstić information content (AvgIpc) is 2.68. The first kappa shape index (κ1) is 23.4. The topological polar surface area (TPSA) is 54.9 Å². The third kappa shape index (κ3) is 9.78. The number of rotatable bonds is 13. The molecule has 0 heterocycles. The highest BCUT2D eigenvalue weighted by molar-refractivity contribution is 5.79. The number of unbranched alkanes of at least 4 members (excludes halogenated alkanes) is 1. The van der Waals surface area contributed by atoms with Gasteiger partial charge in [-0.25, -0.2) is 0 Å². The Kier molecular flexibility index (Phi) is 11.8. The molecular formula is C22H39N3O2. The third-order valence-corrected chi connectivity index (χ3v) is 4.56. The Bertz CT molecular complexity index is 527. The van der Waals surface area contributed by atoms with Gasteiger partial charge in [-0.2, -0.15) is 0 Å². The molecule has 0 aliphatic rings. The Balaban J connectivity index is 2.44. The van der Waals surface area contributed by atoms with Gasteiger partial charge in [0.05, 0.1) is 19.8 Å². The lowest BCUT2D eigenvalue weighted by Gasteiger charge is -2.24. The van der Waals surface area contributed by atoms with Gasteiger partial charge in [0, 0.05) is 32.2 Å². The van der Waals surface area contributed by atoms with Crippen molar-refractivity contribution in [3.8, 4) is 0 Å². The molecule has 1 rings (SSSR count). The zero-order valence-electron chi connectivity index (χ0n) is 17.9. The largest absolute Gasteiger partial charge is 0.382 e. The molecule has 27 heavy (non-hydrogen) atoms. The second-order valence-corrected chi connectivity index (χ2v) is 7.37. The summed E-state index contributed by atoms with van der Waals surface area (Å²) in [7, 11) is 1.69. The molecule has 0 bridgehead atoms. The molecule has 0 radical (unpaired) electrons. The Morgan fingerprint density at radius 1 is 1.00 bits per heavy atom. The molecule has 2 N–H and O–H groups in total. The van der Waals surface area contributed by atoms with Crippen molar-refractivity contribution >= 4 is 5.96 Å². The van der Waals surface area contributed by atoms with Crippen molar-refractivity contribution < 1.29 is 9.47 Å². The van der Waals surface area contributed by atoms with E-state index in [1.807, 2.05) is 0 Å². The van der Waals surface area contributed by atoms with Crippen LogP contribution < -0.4 is 10.6 Å². The summed E-state index contributed by atoms with van der Waals surface area (Å²) in [6.45, 7) is 13.4. The Morgan fingerprint density at radius 3 is 2.37 bits per heavy atom. The highest BCUT2D eigenvalue weighted by atomic mass is 16.5. The summed E-state index contributed by atoms with van der Waals surface area (Å²) in [5.41, 5.74) is 2.70. The van der Waals surface area contributed by atoms with Gasteiger partial charge < -0.3 is 20.1 Å². The van der Waals surface area contributed by atoms with Crippen molar-refractivity contribution in [1.82, 2.24) is 10.6 Å². The van der Waals surface area contributed by atoms with Crippen LogP contribution in [0.5, 0.6) is 0 Å². The van der Waals surface area contributed by atoms with E-state index in [9.17, 15) is 0 Å². The Hall–Kier alpha value is -1.59. The van der Waals surface area contributed by atoms with Crippen LogP contribution >= 0.6 is 0 Å². The highest BCUT2D eigenvalue weighted by Gasteiger charge is 2.20. The fourth-order valence-corrected chi connectivity index (χ4v) is 2.68. The van der Waals surface area contributed by atoms with E-state index in [0.29, 0.717) is 13.2 Å². The SMILES string of the molecule is CCNC(=NCC(C)(C)c1ccc(CC)cc1)NCCCCOCCOC. The predicted octanol–water partition coefficient (Wildman–Crippen LogP) is 3.52. The molecule has 0 amide bonds. The maximum atomic E-state index is 5.49. The quantitative estimate of drug-likeness (QED) is 0.314. The zero-order chi connectivity index (χ0) is 20.0. The van der Waals surface area contributed by atoms with E-state index in [0.717, 1.165) is 51.5 Å². The summed E-state index contributed by atoms with van der Waals surface area (Å²) >= 11 is 0. The first-order valence-corrected chi connectivity index (χ1v) is 10.2. The standard InChI is InChI=1S/C22H39N3O2/c1-6-19-10-12-20(13-11-19)22(3,4)18-25-21(23-7-2)24-14-8-9-15-27-17-16-26-5/h10-13H,6-9,14-18H2,1-5H3,(H2,23,24,25). The minimum absolute atomic E-state index is 0.00378. The van der Waals surface area contributed by atoms with Gasteiger partial charge in [-0.05, 0) is 37.3 Å². The number of nitrogens with one attached hydrogen (secondary N) is 2. The van der Waals surface area contributed by atoms with Crippen LogP contribution in [0.4, 0.5) is 0 Å². The van der Waals surface area contributed by atoms with E-state index >= 15 is 0 Å². The van der Waals surface area contributed by atoms with Crippen molar-refractivity contribution in [3.63, 3.8) is 0 Å². The van der Waals surface area contributed by atoms with Gasteiger partial charge in [0.15, 0.2) is 5.96 Å². The highest BCUT2D eigenvalue weighted by Crippen LogP contribution is 2.24. The van der Waals surface area contributed by atoms with Gasteiger partial charge in [0.1, 0.15) is 0 Å². The maximum absolute atomic E-state index is 5.49. The lowest BCUT2D eigenvalue weighted by molar-refractivity contribution is 0.0689. The van der Waals surface area contributed by atoms with Gasteiger partial charge >= 0.3 is 0 Å². The van der Waals surface area contributed by atoms with Crippen molar-refractivity contribution in [1.29, 1.82) is 0 Å². The molecule has 0 atom stereocenters. The zero-order valence-corrected chi connectivity index (χ0v) is 17.9. The van der Waals surface area contributed by atoms with Crippen LogP contribution in [0.15, 0.2) is 29.3 Å². The molecule has 0 saturated heterocycles. The van der Waals surface area contributed by atoms with E-state index in [-0.39, 0.29) is 5.41 Å². The number of aliphatic imine (C=N–C) groups is 1. The number of hydrogen-bond donors (Lipinski definition) is 2. The number of ether oxygens (including phenoxy) is 2. The number of guanidine groups is 1. The first-order valence-electron chi connectivity index (χ1n) is 10.2. The van der Waals surface area contributed by atoms with Crippen LogP contribution in [0.2, 0.25) is 0 Å². The molecule has 0 unspecified atom stereocenters. The van der Waals surface area contributed by atoms with E-state index in [1.54, 1.807) is 7.11 Å². The number of benzene rings is 1. The molecular weight excluding hydrogens is 338 g/mol. The number of methoxy groups -OCH3 is 1. The van der Waals surface area contributed by atoms with Crippen molar-refractivity contribution in [2.75, 3.05) is 46.6 Å². The maximum Gasteiger partial charge on any atom is 0.191 e. The summed E-state index contributed by atoms with van der Waals surface area (Å²) in [4.78, 5) is 4.81. The van der Waals surface area contributed by atoms with E-state index in [2.05, 4.69) is 62.6 Å². The van der Waals surface area contributed by atoms with Crippen LogP contribution in [0.3, 0.4) is 0 Å². The van der Waals surface area contributed by atoms with Gasteiger partial charge in [0.25, 0.3) is 0 Å².